The standard InChI is InChI=1S/C16H19N3/c1-4-12-5-6-14(13-7-8-19(3)17-10-13)16-15(12)9-11(2)18-16/h5-7,10H,4,8-9H2,1-3H3. The maximum Gasteiger partial charge on any atom is 0.0746 e. The minimum absolute atomic E-state index is 0.860. The summed E-state index contributed by atoms with van der Waals surface area (Å²) in [5.74, 6) is 0. The monoisotopic (exact) mass is 253 g/mol. The lowest BCUT2D eigenvalue weighted by Crippen LogP contribution is -2.15. The highest BCUT2D eigenvalue weighted by Crippen LogP contribution is 2.37. The number of benzene rings is 1. The molecule has 3 rings (SSSR count). The minimum Gasteiger partial charge on any atom is -0.296 e. The van der Waals surface area contributed by atoms with Gasteiger partial charge in [-0.05, 0) is 24.5 Å². The van der Waals surface area contributed by atoms with Crippen LogP contribution in [0.25, 0.3) is 5.57 Å². The third-order valence-corrected chi connectivity index (χ3v) is 3.78. The number of nitrogens with zero attached hydrogens (tertiary/aromatic N) is 3. The molecular weight excluding hydrogens is 234 g/mol. The van der Waals surface area contributed by atoms with Crippen molar-refractivity contribution in [3.63, 3.8) is 0 Å². The van der Waals surface area contributed by atoms with Gasteiger partial charge >= 0.3 is 0 Å². The predicted molar refractivity (Wildman–Crippen MR) is 81.4 cm³/mol. The molecule has 0 radical (unpaired) electrons. The highest BCUT2D eigenvalue weighted by molar-refractivity contribution is 6.13. The molecule has 0 saturated carbocycles. The van der Waals surface area contributed by atoms with Crippen LogP contribution < -0.4 is 0 Å². The van der Waals surface area contributed by atoms with Crippen LogP contribution in [0.1, 0.15) is 30.5 Å². The van der Waals surface area contributed by atoms with Gasteiger partial charge in [-0.3, -0.25) is 10.0 Å². The molecule has 3 heteroatoms. The van der Waals surface area contributed by atoms with Crippen LogP contribution in [0.3, 0.4) is 0 Å². The van der Waals surface area contributed by atoms with Gasteiger partial charge in [0.1, 0.15) is 0 Å². The third kappa shape index (κ3) is 2.09. The zero-order chi connectivity index (χ0) is 13.4. The summed E-state index contributed by atoms with van der Waals surface area (Å²) in [6, 6.07) is 4.44. The first-order valence-corrected chi connectivity index (χ1v) is 6.83. The van der Waals surface area contributed by atoms with Crippen LogP contribution in [0.5, 0.6) is 0 Å². The number of rotatable bonds is 2. The van der Waals surface area contributed by atoms with Crippen molar-refractivity contribution in [3.8, 4) is 0 Å². The Balaban J connectivity index is 2.09. The van der Waals surface area contributed by atoms with Gasteiger partial charge < -0.3 is 0 Å². The molecule has 19 heavy (non-hydrogen) atoms. The van der Waals surface area contributed by atoms with Crippen molar-refractivity contribution in [2.75, 3.05) is 13.6 Å². The summed E-state index contributed by atoms with van der Waals surface area (Å²) in [4.78, 5) is 4.76. The maximum absolute atomic E-state index is 4.76. The Kier molecular flexibility index (Phi) is 2.97. The number of likely N-dealkylation sites (N-methyl/N-ethyl adjacent to an activating group) is 1. The normalized spacial score (nSPS) is 17.3. The lowest BCUT2D eigenvalue weighted by molar-refractivity contribution is 0.395. The minimum atomic E-state index is 0.860. The molecule has 1 aromatic rings. The van der Waals surface area contributed by atoms with Crippen LogP contribution in [0, 0.1) is 0 Å². The third-order valence-electron chi connectivity index (χ3n) is 3.78. The van der Waals surface area contributed by atoms with Crippen molar-refractivity contribution < 1.29 is 0 Å². The summed E-state index contributed by atoms with van der Waals surface area (Å²) in [7, 11) is 1.98. The molecule has 0 fully saturated rings. The second-order valence-corrected chi connectivity index (χ2v) is 5.22. The number of hydrogen-bond donors (Lipinski definition) is 0. The van der Waals surface area contributed by atoms with Gasteiger partial charge in [0.2, 0.25) is 0 Å². The Morgan fingerprint density at radius 2 is 2.16 bits per heavy atom. The Bertz CT molecular complexity index is 609. The van der Waals surface area contributed by atoms with E-state index < -0.39 is 0 Å². The van der Waals surface area contributed by atoms with E-state index in [4.69, 9.17) is 4.99 Å². The molecule has 0 unspecified atom stereocenters. The van der Waals surface area contributed by atoms with Crippen molar-refractivity contribution >= 4 is 23.2 Å². The van der Waals surface area contributed by atoms with E-state index in [9.17, 15) is 0 Å². The fourth-order valence-corrected chi connectivity index (χ4v) is 2.72. The van der Waals surface area contributed by atoms with E-state index in [1.54, 1.807) is 0 Å². The Hall–Kier alpha value is -1.90. The molecular formula is C16H19N3. The molecule has 2 heterocycles. The number of hydrogen-bond acceptors (Lipinski definition) is 3. The molecule has 98 valence electrons. The fraction of sp³-hybridized carbons (Fsp3) is 0.375. The summed E-state index contributed by atoms with van der Waals surface area (Å²) in [5, 5.41) is 6.30. The lowest BCUT2D eigenvalue weighted by Gasteiger charge is -2.18. The summed E-state index contributed by atoms with van der Waals surface area (Å²) in [5.41, 5.74) is 7.62. The van der Waals surface area contributed by atoms with Crippen LogP contribution >= 0.6 is 0 Å². The first-order valence-electron chi connectivity index (χ1n) is 6.83. The van der Waals surface area contributed by atoms with Gasteiger partial charge in [0.15, 0.2) is 0 Å². The number of aliphatic imine (C=N–C) groups is 1. The molecule has 1 aromatic carbocycles. The molecule has 0 N–H and O–H groups in total. The van der Waals surface area contributed by atoms with E-state index >= 15 is 0 Å². The highest BCUT2D eigenvalue weighted by atomic mass is 15.4. The lowest BCUT2D eigenvalue weighted by atomic mass is 9.94. The second kappa shape index (κ2) is 4.65. The fourth-order valence-electron chi connectivity index (χ4n) is 2.72. The average Bonchev–Trinajstić information content (AvgIpc) is 2.80. The van der Waals surface area contributed by atoms with Crippen molar-refractivity contribution in [1.29, 1.82) is 0 Å². The quantitative estimate of drug-likeness (QED) is 0.795. The first kappa shape index (κ1) is 12.2. The maximum atomic E-state index is 4.76. The van der Waals surface area contributed by atoms with Crippen molar-refractivity contribution in [2.24, 2.45) is 10.1 Å². The number of hydrazone groups is 1. The largest absolute Gasteiger partial charge is 0.296 e. The number of aryl methyl sites for hydroxylation is 1. The van der Waals surface area contributed by atoms with Gasteiger partial charge in [-0.2, -0.15) is 5.10 Å². The Labute approximate surface area is 114 Å². The van der Waals surface area contributed by atoms with Gasteiger partial charge in [0.05, 0.1) is 18.4 Å². The Morgan fingerprint density at radius 3 is 2.84 bits per heavy atom. The van der Waals surface area contributed by atoms with E-state index in [-0.39, 0.29) is 0 Å². The second-order valence-electron chi connectivity index (χ2n) is 5.22. The highest BCUT2D eigenvalue weighted by Gasteiger charge is 2.20. The van der Waals surface area contributed by atoms with Crippen molar-refractivity contribution in [1.82, 2.24) is 5.01 Å². The van der Waals surface area contributed by atoms with Gasteiger partial charge in [-0.25, -0.2) is 0 Å². The summed E-state index contributed by atoms with van der Waals surface area (Å²) < 4.78 is 0. The zero-order valence-electron chi connectivity index (χ0n) is 11.8. The summed E-state index contributed by atoms with van der Waals surface area (Å²) >= 11 is 0. The molecule has 3 nitrogen and oxygen atoms in total. The van der Waals surface area contributed by atoms with Gasteiger partial charge in [0.25, 0.3) is 0 Å². The molecule has 0 aromatic heterocycles. The van der Waals surface area contributed by atoms with E-state index in [0.29, 0.717) is 0 Å². The van der Waals surface area contributed by atoms with Crippen molar-refractivity contribution in [3.05, 3.63) is 34.9 Å². The summed E-state index contributed by atoms with van der Waals surface area (Å²) in [6.45, 7) is 5.18. The SMILES string of the molecule is CCc1ccc(C2=CCN(C)N=C2)c2c1CC(C)=N2. The van der Waals surface area contributed by atoms with Crippen LogP contribution in [0.15, 0.2) is 28.3 Å². The van der Waals surface area contributed by atoms with Crippen LogP contribution in [0.4, 0.5) is 5.69 Å². The van der Waals surface area contributed by atoms with Crippen molar-refractivity contribution in [2.45, 2.75) is 26.7 Å². The first-order chi connectivity index (χ1) is 9.19. The van der Waals surface area contributed by atoms with Gasteiger partial charge in [0, 0.05) is 30.3 Å². The van der Waals surface area contributed by atoms with Gasteiger partial charge in [-0.15, -0.1) is 0 Å². The zero-order valence-corrected chi connectivity index (χ0v) is 11.8. The van der Waals surface area contributed by atoms with E-state index in [0.717, 1.165) is 19.4 Å². The number of allylic oxidation sites excluding steroid dienone is 1. The van der Waals surface area contributed by atoms with E-state index in [1.807, 2.05) is 18.3 Å². The molecule has 0 bridgehead atoms. The molecule has 2 aliphatic heterocycles. The Morgan fingerprint density at radius 1 is 1.32 bits per heavy atom. The number of fused-ring (bicyclic) bond motifs is 1. The van der Waals surface area contributed by atoms with Crippen LogP contribution in [0.2, 0.25) is 0 Å². The van der Waals surface area contributed by atoms with Crippen LogP contribution in [-0.4, -0.2) is 30.5 Å². The van der Waals surface area contributed by atoms with Crippen LogP contribution in [-0.2, 0) is 12.8 Å². The van der Waals surface area contributed by atoms with E-state index in [1.165, 1.54) is 33.7 Å². The molecule has 0 atom stereocenters. The molecule has 0 aliphatic carbocycles. The topological polar surface area (TPSA) is 28.0 Å². The van der Waals surface area contributed by atoms with Gasteiger partial charge in [-0.1, -0.05) is 25.1 Å². The molecule has 0 amide bonds. The molecule has 2 aliphatic rings. The smallest absolute Gasteiger partial charge is 0.0746 e. The summed E-state index contributed by atoms with van der Waals surface area (Å²) in [6.07, 6.45) is 6.23. The predicted octanol–water partition coefficient (Wildman–Crippen LogP) is 3.21. The molecule has 0 saturated heterocycles. The molecule has 0 spiro atoms. The van der Waals surface area contributed by atoms with E-state index in [2.05, 4.69) is 37.2 Å². The average molecular weight is 253 g/mol.